The summed E-state index contributed by atoms with van der Waals surface area (Å²) in [6.45, 7) is 2.07. The fourth-order valence-corrected chi connectivity index (χ4v) is 3.82. The van der Waals surface area contributed by atoms with Crippen LogP contribution in [0.1, 0.15) is 5.56 Å². The first kappa shape index (κ1) is 16.2. The molecule has 2 heterocycles. The summed E-state index contributed by atoms with van der Waals surface area (Å²) >= 11 is 5.00. The molecule has 2 aromatic carbocycles. The Labute approximate surface area is 157 Å². The lowest BCUT2D eigenvalue weighted by Crippen LogP contribution is -1.96. The zero-order chi connectivity index (χ0) is 17.4. The predicted octanol–water partition coefficient (Wildman–Crippen LogP) is 4.65. The van der Waals surface area contributed by atoms with E-state index in [0.29, 0.717) is 0 Å². The van der Waals surface area contributed by atoms with E-state index < -0.39 is 0 Å². The average Bonchev–Trinajstić information content (AvgIpc) is 2.96. The summed E-state index contributed by atoms with van der Waals surface area (Å²) in [6, 6.07) is 14.2. The fraction of sp³-hybridized carbons (Fsp3) is 0.111. The van der Waals surface area contributed by atoms with Crippen LogP contribution in [0.3, 0.4) is 0 Å². The highest BCUT2D eigenvalue weighted by atomic mass is 79.9. The molecule has 0 spiro atoms. The highest BCUT2D eigenvalue weighted by molar-refractivity contribution is 9.10. The van der Waals surface area contributed by atoms with Gasteiger partial charge in [0.25, 0.3) is 0 Å². The number of hydrogen-bond donors (Lipinski definition) is 0. The van der Waals surface area contributed by atoms with Gasteiger partial charge in [-0.3, -0.25) is 0 Å². The summed E-state index contributed by atoms with van der Waals surface area (Å²) < 4.78 is 2.99. The molecule has 2 aromatic heterocycles. The van der Waals surface area contributed by atoms with Crippen molar-refractivity contribution in [3.63, 3.8) is 0 Å². The summed E-state index contributed by atoms with van der Waals surface area (Å²) in [5, 5.41) is 11.3. The summed E-state index contributed by atoms with van der Waals surface area (Å²) in [6.07, 6.45) is 1.58. The molecule has 0 saturated carbocycles. The molecule has 0 saturated heterocycles. The van der Waals surface area contributed by atoms with Gasteiger partial charge in [-0.15, -0.1) is 10.2 Å². The van der Waals surface area contributed by atoms with Crippen molar-refractivity contribution in [2.75, 3.05) is 0 Å². The maximum Gasteiger partial charge on any atom is 0.197 e. The largest absolute Gasteiger partial charge is 0.305 e. The Morgan fingerprint density at radius 1 is 1.04 bits per heavy atom. The lowest BCUT2D eigenvalue weighted by atomic mass is 10.1. The summed E-state index contributed by atoms with van der Waals surface area (Å²) in [5.74, 6) is 0.839. The van der Waals surface area contributed by atoms with Crippen molar-refractivity contribution >= 4 is 38.6 Å². The Kier molecular flexibility index (Phi) is 4.27. The normalized spacial score (nSPS) is 11.2. The van der Waals surface area contributed by atoms with Crippen LogP contribution >= 0.6 is 27.7 Å². The van der Waals surface area contributed by atoms with Crippen molar-refractivity contribution in [2.45, 2.75) is 17.1 Å². The van der Waals surface area contributed by atoms with E-state index in [9.17, 15) is 0 Å². The van der Waals surface area contributed by atoms with E-state index >= 15 is 0 Å². The third-order valence-electron chi connectivity index (χ3n) is 3.86. The molecule has 0 unspecified atom stereocenters. The first-order valence-corrected chi connectivity index (χ1v) is 9.27. The number of nitrogens with zero attached hydrogens (tertiary/aromatic N) is 5. The van der Waals surface area contributed by atoms with E-state index in [0.717, 1.165) is 36.9 Å². The molecule has 0 aliphatic carbocycles. The van der Waals surface area contributed by atoms with Gasteiger partial charge in [-0.1, -0.05) is 39.7 Å². The van der Waals surface area contributed by atoms with Crippen LogP contribution in [0.15, 0.2) is 63.4 Å². The third kappa shape index (κ3) is 3.17. The molecule has 0 radical (unpaired) electrons. The molecule has 4 aromatic rings. The van der Waals surface area contributed by atoms with Crippen molar-refractivity contribution in [3.8, 4) is 11.4 Å². The minimum atomic E-state index is 0.788. The second-order valence-corrected chi connectivity index (χ2v) is 7.55. The molecule has 0 aliphatic rings. The number of aryl methyl sites for hydroxylation is 1. The van der Waals surface area contributed by atoms with E-state index in [1.54, 1.807) is 6.33 Å². The van der Waals surface area contributed by atoms with Gasteiger partial charge in [0.1, 0.15) is 11.4 Å². The van der Waals surface area contributed by atoms with Crippen molar-refractivity contribution in [1.29, 1.82) is 0 Å². The number of benzene rings is 2. The van der Waals surface area contributed by atoms with E-state index in [1.807, 2.05) is 41.9 Å². The van der Waals surface area contributed by atoms with Crippen LogP contribution in [0.25, 0.3) is 22.3 Å². The Morgan fingerprint density at radius 2 is 1.92 bits per heavy atom. The van der Waals surface area contributed by atoms with Crippen molar-refractivity contribution in [3.05, 3.63) is 58.8 Å². The minimum Gasteiger partial charge on any atom is -0.305 e. The predicted molar refractivity (Wildman–Crippen MR) is 103 cm³/mol. The average molecular weight is 412 g/mol. The zero-order valence-electron chi connectivity index (χ0n) is 13.6. The molecule has 0 N–H and O–H groups in total. The summed E-state index contributed by atoms with van der Waals surface area (Å²) in [4.78, 5) is 8.75. The van der Waals surface area contributed by atoms with Crippen LogP contribution < -0.4 is 0 Å². The Morgan fingerprint density at radius 3 is 2.76 bits per heavy atom. The standard InChI is InChI=1S/C18H14BrN5S/c1-11-4-3-5-12(8-11)16-22-23-18(24(16)2)25-17-14-9-13(19)6-7-15(14)20-10-21-17/h3-10H,1-2H3. The minimum absolute atomic E-state index is 0.788. The van der Waals surface area contributed by atoms with Gasteiger partial charge in [-0.25, -0.2) is 9.97 Å². The zero-order valence-corrected chi connectivity index (χ0v) is 16.0. The molecule has 0 aliphatic heterocycles. The van der Waals surface area contributed by atoms with Gasteiger partial charge in [-0.2, -0.15) is 0 Å². The number of halogens is 1. The van der Waals surface area contributed by atoms with E-state index in [1.165, 1.54) is 17.3 Å². The first-order chi connectivity index (χ1) is 12.1. The Balaban J connectivity index is 1.74. The highest BCUT2D eigenvalue weighted by Gasteiger charge is 2.14. The lowest BCUT2D eigenvalue weighted by molar-refractivity contribution is 0.792. The maximum absolute atomic E-state index is 4.43. The van der Waals surface area contributed by atoms with Crippen LogP contribution in [0.2, 0.25) is 0 Å². The number of hydrogen-bond acceptors (Lipinski definition) is 5. The molecule has 0 bridgehead atoms. The van der Waals surface area contributed by atoms with Gasteiger partial charge >= 0.3 is 0 Å². The number of rotatable bonds is 3. The third-order valence-corrected chi connectivity index (χ3v) is 5.41. The van der Waals surface area contributed by atoms with Gasteiger partial charge < -0.3 is 4.57 Å². The van der Waals surface area contributed by atoms with Crippen LogP contribution in [0.4, 0.5) is 0 Å². The topological polar surface area (TPSA) is 56.5 Å². The summed E-state index contributed by atoms with van der Waals surface area (Å²) in [5.41, 5.74) is 3.15. The number of aromatic nitrogens is 5. The summed E-state index contributed by atoms with van der Waals surface area (Å²) in [7, 11) is 1.97. The monoisotopic (exact) mass is 411 g/mol. The molecular weight excluding hydrogens is 398 g/mol. The van der Waals surface area contributed by atoms with E-state index in [4.69, 9.17) is 0 Å². The van der Waals surface area contributed by atoms with Crippen molar-refractivity contribution in [1.82, 2.24) is 24.7 Å². The second-order valence-electron chi connectivity index (χ2n) is 5.68. The van der Waals surface area contributed by atoms with Crippen LogP contribution in [-0.2, 0) is 7.05 Å². The van der Waals surface area contributed by atoms with Crippen LogP contribution in [0, 0.1) is 6.92 Å². The molecule has 0 atom stereocenters. The quantitative estimate of drug-likeness (QED) is 0.459. The molecule has 4 rings (SSSR count). The van der Waals surface area contributed by atoms with Crippen molar-refractivity contribution < 1.29 is 0 Å². The van der Waals surface area contributed by atoms with Gasteiger partial charge in [0.2, 0.25) is 0 Å². The molecule has 5 nitrogen and oxygen atoms in total. The molecule has 7 heteroatoms. The Hall–Kier alpha value is -2.25. The Bertz CT molecular complexity index is 1080. The van der Waals surface area contributed by atoms with Gasteiger partial charge in [0, 0.05) is 22.5 Å². The maximum atomic E-state index is 4.43. The smallest absolute Gasteiger partial charge is 0.197 e. The molecule has 25 heavy (non-hydrogen) atoms. The lowest BCUT2D eigenvalue weighted by Gasteiger charge is -2.06. The second kappa shape index (κ2) is 6.57. The van der Waals surface area contributed by atoms with Gasteiger partial charge in [0.05, 0.1) is 5.52 Å². The fourth-order valence-electron chi connectivity index (χ4n) is 2.61. The van der Waals surface area contributed by atoms with E-state index in [2.05, 4.69) is 55.2 Å². The first-order valence-electron chi connectivity index (χ1n) is 7.66. The van der Waals surface area contributed by atoms with E-state index in [-0.39, 0.29) is 0 Å². The molecule has 0 amide bonds. The van der Waals surface area contributed by atoms with Crippen LogP contribution in [-0.4, -0.2) is 24.7 Å². The molecule has 0 fully saturated rings. The van der Waals surface area contributed by atoms with Gasteiger partial charge in [0.15, 0.2) is 11.0 Å². The van der Waals surface area contributed by atoms with Crippen molar-refractivity contribution in [2.24, 2.45) is 7.05 Å². The SMILES string of the molecule is Cc1cccc(-c2nnc(Sc3ncnc4ccc(Br)cc34)n2C)c1. The highest BCUT2D eigenvalue weighted by Crippen LogP contribution is 2.32. The molecule has 124 valence electrons. The molecular formula is C18H14BrN5S. The van der Waals surface area contributed by atoms with Crippen LogP contribution in [0.5, 0.6) is 0 Å². The van der Waals surface area contributed by atoms with Gasteiger partial charge in [-0.05, 0) is 43.0 Å². The number of fused-ring (bicyclic) bond motifs is 1.